The summed E-state index contributed by atoms with van der Waals surface area (Å²) in [6, 6.07) is 2.80. The van der Waals surface area contributed by atoms with Gasteiger partial charge < -0.3 is 10.6 Å². The molecule has 0 fully saturated rings. The van der Waals surface area contributed by atoms with Crippen molar-refractivity contribution in [2.24, 2.45) is 5.73 Å². The van der Waals surface area contributed by atoms with E-state index < -0.39 is 12.7 Å². The van der Waals surface area contributed by atoms with Gasteiger partial charge in [-0.1, -0.05) is 0 Å². The first-order valence-electron chi connectivity index (χ1n) is 5.75. The van der Waals surface area contributed by atoms with Gasteiger partial charge in [0.15, 0.2) is 0 Å². The van der Waals surface area contributed by atoms with Crippen molar-refractivity contribution >= 4 is 5.69 Å². The molecule has 3 nitrogen and oxygen atoms in total. The number of pyridine rings is 1. The Kier molecular flexibility index (Phi) is 4.56. The molecule has 0 radical (unpaired) electrons. The van der Waals surface area contributed by atoms with Crippen molar-refractivity contribution in [2.45, 2.75) is 39.0 Å². The summed E-state index contributed by atoms with van der Waals surface area (Å²) < 4.78 is 37.4. The minimum absolute atomic E-state index is 0.228. The Morgan fingerprint density at radius 2 is 1.89 bits per heavy atom. The Bertz CT molecular complexity index is 371. The van der Waals surface area contributed by atoms with Gasteiger partial charge in [0, 0.05) is 12.1 Å². The van der Waals surface area contributed by atoms with Gasteiger partial charge in [0.2, 0.25) is 0 Å². The zero-order valence-electron chi connectivity index (χ0n) is 10.7. The molecule has 102 valence electrons. The maximum absolute atomic E-state index is 12.5. The van der Waals surface area contributed by atoms with Gasteiger partial charge in [-0.15, -0.1) is 0 Å². The fourth-order valence-corrected chi connectivity index (χ4v) is 1.60. The number of nitrogens with zero attached hydrogens (tertiary/aromatic N) is 2. The van der Waals surface area contributed by atoms with Crippen LogP contribution in [0.25, 0.3) is 0 Å². The van der Waals surface area contributed by atoms with E-state index in [9.17, 15) is 13.2 Å². The molecule has 1 aromatic heterocycles. The average molecular weight is 261 g/mol. The second-order valence-electron chi connectivity index (χ2n) is 4.57. The third kappa shape index (κ3) is 4.18. The Labute approximate surface area is 105 Å². The largest absolute Gasteiger partial charge is 0.405 e. The predicted octanol–water partition coefficient (Wildman–Crippen LogP) is 2.88. The van der Waals surface area contributed by atoms with Gasteiger partial charge in [-0.25, -0.2) is 0 Å². The molecule has 0 amide bonds. The number of hydrogen-bond donors (Lipinski definition) is 1. The van der Waals surface area contributed by atoms with Crippen molar-refractivity contribution in [3.05, 3.63) is 24.0 Å². The Hall–Kier alpha value is -1.30. The van der Waals surface area contributed by atoms with Crippen molar-refractivity contribution in [2.75, 3.05) is 11.4 Å². The molecular formula is C12H18F3N3. The molecule has 0 bridgehead atoms. The van der Waals surface area contributed by atoms with Crippen LogP contribution in [-0.4, -0.2) is 23.7 Å². The zero-order chi connectivity index (χ0) is 13.9. The molecule has 1 rings (SSSR count). The summed E-state index contributed by atoms with van der Waals surface area (Å²) in [5, 5.41) is 0. The topological polar surface area (TPSA) is 42.1 Å². The number of anilines is 1. The first-order valence-corrected chi connectivity index (χ1v) is 5.75. The Morgan fingerprint density at radius 1 is 1.28 bits per heavy atom. The summed E-state index contributed by atoms with van der Waals surface area (Å²) in [5.41, 5.74) is 6.76. The molecule has 1 heterocycles. The van der Waals surface area contributed by atoms with E-state index in [-0.39, 0.29) is 12.1 Å². The second-order valence-corrected chi connectivity index (χ2v) is 4.57. The van der Waals surface area contributed by atoms with Crippen LogP contribution in [-0.2, 0) is 0 Å². The SMILES string of the molecule is CC(C)N(CC(F)(F)F)c1ccc([C@H](C)N)nc1. The molecule has 0 aliphatic rings. The van der Waals surface area contributed by atoms with Crippen LogP contribution in [0.5, 0.6) is 0 Å². The van der Waals surface area contributed by atoms with Gasteiger partial charge in [0.25, 0.3) is 0 Å². The van der Waals surface area contributed by atoms with E-state index >= 15 is 0 Å². The molecule has 1 aromatic rings. The van der Waals surface area contributed by atoms with Crippen LogP contribution in [0.4, 0.5) is 18.9 Å². The van der Waals surface area contributed by atoms with Gasteiger partial charge in [-0.05, 0) is 32.9 Å². The number of hydrogen-bond acceptors (Lipinski definition) is 3. The van der Waals surface area contributed by atoms with Crippen molar-refractivity contribution in [3.8, 4) is 0 Å². The van der Waals surface area contributed by atoms with Crippen LogP contribution in [0.3, 0.4) is 0 Å². The predicted molar refractivity (Wildman–Crippen MR) is 65.4 cm³/mol. The first-order chi connectivity index (χ1) is 8.20. The monoisotopic (exact) mass is 261 g/mol. The lowest BCUT2D eigenvalue weighted by Crippen LogP contribution is -2.39. The highest BCUT2D eigenvalue weighted by Crippen LogP contribution is 2.24. The van der Waals surface area contributed by atoms with E-state index in [0.29, 0.717) is 11.4 Å². The minimum atomic E-state index is -4.23. The van der Waals surface area contributed by atoms with Gasteiger partial charge in [-0.2, -0.15) is 13.2 Å². The summed E-state index contributed by atoms with van der Waals surface area (Å²) >= 11 is 0. The fraction of sp³-hybridized carbons (Fsp3) is 0.583. The van der Waals surface area contributed by atoms with Gasteiger partial charge in [0.05, 0.1) is 17.6 Å². The van der Waals surface area contributed by atoms with E-state index in [1.165, 1.54) is 11.1 Å². The maximum atomic E-state index is 12.5. The molecular weight excluding hydrogens is 243 g/mol. The molecule has 1 atom stereocenters. The molecule has 6 heteroatoms. The van der Waals surface area contributed by atoms with E-state index in [4.69, 9.17) is 5.73 Å². The molecule has 0 saturated heterocycles. The van der Waals surface area contributed by atoms with Crippen LogP contribution < -0.4 is 10.6 Å². The van der Waals surface area contributed by atoms with E-state index in [1.54, 1.807) is 32.9 Å². The minimum Gasteiger partial charge on any atom is -0.359 e. The highest BCUT2D eigenvalue weighted by atomic mass is 19.4. The van der Waals surface area contributed by atoms with Crippen molar-refractivity contribution < 1.29 is 13.2 Å². The molecule has 0 unspecified atom stereocenters. The van der Waals surface area contributed by atoms with Crippen LogP contribution in [0.15, 0.2) is 18.3 Å². The fourth-order valence-electron chi connectivity index (χ4n) is 1.60. The second kappa shape index (κ2) is 5.56. The third-order valence-corrected chi connectivity index (χ3v) is 2.54. The Balaban J connectivity index is 2.93. The van der Waals surface area contributed by atoms with Crippen LogP contribution in [0, 0.1) is 0 Å². The van der Waals surface area contributed by atoms with E-state index in [0.717, 1.165) is 0 Å². The van der Waals surface area contributed by atoms with Crippen LogP contribution >= 0.6 is 0 Å². The molecule has 2 N–H and O–H groups in total. The molecule has 0 aliphatic carbocycles. The molecule has 0 spiro atoms. The number of alkyl halides is 3. The van der Waals surface area contributed by atoms with Crippen LogP contribution in [0.2, 0.25) is 0 Å². The van der Waals surface area contributed by atoms with E-state index in [1.807, 2.05) is 0 Å². The highest BCUT2D eigenvalue weighted by Gasteiger charge is 2.32. The zero-order valence-corrected chi connectivity index (χ0v) is 10.7. The molecule has 0 aliphatic heterocycles. The van der Waals surface area contributed by atoms with E-state index in [2.05, 4.69) is 4.98 Å². The lowest BCUT2D eigenvalue weighted by atomic mass is 10.2. The Morgan fingerprint density at radius 3 is 2.22 bits per heavy atom. The summed E-state index contributed by atoms with van der Waals surface area (Å²) in [4.78, 5) is 5.34. The lowest BCUT2D eigenvalue weighted by molar-refractivity contribution is -0.120. The number of halogens is 3. The molecule has 0 aromatic carbocycles. The van der Waals surface area contributed by atoms with Crippen LogP contribution in [0.1, 0.15) is 32.5 Å². The molecule has 18 heavy (non-hydrogen) atoms. The van der Waals surface area contributed by atoms with Gasteiger partial charge in [0.1, 0.15) is 6.54 Å². The van der Waals surface area contributed by atoms with Crippen molar-refractivity contribution in [3.63, 3.8) is 0 Å². The lowest BCUT2D eigenvalue weighted by Gasteiger charge is -2.29. The molecule has 0 saturated carbocycles. The van der Waals surface area contributed by atoms with Crippen molar-refractivity contribution in [1.29, 1.82) is 0 Å². The standard InChI is InChI=1S/C12H18F3N3/c1-8(2)18(7-12(13,14)15)10-4-5-11(9(3)16)17-6-10/h4-6,8-9H,7,16H2,1-3H3/t9-/m0/s1. The number of aromatic nitrogens is 1. The van der Waals surface area contributed by atoms with Gasteiger partial charge in [-0.3, -0.25) is 4.98 Å². The summed E-state index contributed by atoms with van der Waals surface area (Å²) in [5.74, 6) is 0. The summed E-state index contributed by atoms with van der Waals surface area (Å²) in [6.07, 6.45) is -2.80. The number of rotatable bonds is 4. The normalized spacial score (nSPS) is 13.8. The maximum Gasteiger partial charge on any atom is 0.405 e. The number of nitrogens with two attached hydrogens (primary N) is 1. The average Bonchev–Trinajstić information content (AvgIpc) is 2.24. The van der Waals surface area contributed by atoms with Gasteiger partial charge >= 0.3 is 6.18 Å². The summed E-state index contributed by atoms with van der Waals surface area (Å²) in [7, 11) is 0. The quantitative estimate of drug-likeness (QED) is 0.906. The van der Waals surface area contributed by atoms with Crippen molar-refractivity contribution in [1.82, 2.24) is 4.98 Å². The first kappa shape index (κ1) is 14.8. The summed E-state index contributed by atoms with van der Waals surface area (Å²) in [6.45, 7) is 4.22. The third-order valence-electron chi connectivity index (χ3n) is 2.54. The smallest absolute Gasteiger partial charge is 0.359 e. The highest BCUT2D eigenvalue weighted by molar-refractivity contribution is 5.45.